The van der Waals surface area contributed by atoms with Crippen LogP contribution in [0.4, 0.5) is 13.2 Å². The quantitative estimate of drug-likeness (QED) is 0.620. The molecule has 1 amide bonds. The maximum absolute atomic E-state index is 12.6. The van der Waals surface area contributed by atoms with E-state index in [9.17, 15) is 18.0 Å². The fourth-order valence-electron chi connectivity index (χ4n) is 2.14. The molecule has 1 aliphatic heterocycles. The highest BCUT2D eigenvalue weighted by atomic mass is 19.4. The van der Waals surface area contributed by atoms with Crippen molar-refractivity contribution in [3.05, 3.63) is 35.4 Å². The van der Waals surface area contributed by atoms with Gasteiger partial charge in [-0.25, -0.2) is 5.84 Å². The molecule has 98 valence electrons. The summed E-state index contributed by atoms with van der Waals surface area (Å²) in [5, 5.41) is 1.08. The Balaban J connectivity index is 2.31. The first-order valence-corrected chi connectivity index (χ1v) is 5.63. The summed E-state index contributed by atoms with van der Waals surface area (Å²) in [6, 6.07) is 4.89. The number of carbonyl (C=O) groups is 1. The topological polar surface area (TPSA) is 46.3 Å². The van der Waals surface area contributed by atoms with Crippen LogP contribution >= 0.6 is 0 Å². The van der Waals surface area contributed by atoms with Crippen molar-refractivity contribution in [1.82, 2.24) is 5.01 Å². The fourth-order valence-corrected chi connectivity index (χ4v) is 2.14. The number of hydrogen-bond acceptors (Lipinski definition) is 2. The third-order valence-electron chi connectivity index (χ3n) is 3.09. The van der Waals surface area contributed by atoms with E-state index in [1.165, 1.54) is 12.1 Å². The number of amides is 1. The molecule has 0 aromatic heterocycles. The van der Waals surface area contributed by atoms with Gasteiger partial charge in [0.25, 0.3) is 0 Å². The molecule has 2 rings (SSSR count). The van der Waals surface area contributed by atoms with Gasteiger partial charge in [-0.2, -0.15) is 13.2 Å². The van der Waals surface area contributed by atoms with E-state index in [0.717, 1.165) is 17.1 Å². The lowest BCUT2D eigenvalue weighted by atomic mass is 9.89. The lowest BCUT2D eigenvalue weighted by Crippen LogP contribution is -2.44. The van der Waals surface area contributed by atoms with Crippen molar-refractivity contribution in [3.8, 4) is 0 Å². The molecule has 1 unspecified atom stereocenters. The van der Waals surface area contributed by atoms with Crippen LogP contribution < -0.4 is 5.84 Å². The third kappa shape index (κ3) is 2.48. The Bertz CT molecular complexity index is 459. The van der Waals surface area contributed by atoms with Crippen LogP contribution in [0.25, 0.3) is 0 Å². The molecular weight excluding hydrogens is 245 g/mol. The van der Waals surface area contributed by atoms with Gasteiger partial charge in [0.05, 0.1) is 11.5 Å². The highest BCUT2D eigenvalue weighted by molar-refractivity contribution is 5.84. The highest BCUT2D eigenvalue weighted by Crippen LogP contribution is 2.33. The van der Waals surface area contributed by atoms with Gasteiger partial charge in [0.1, 0.15) is 0 Å². The summed E-state index contributed by atoms with van der Waals surface area (Å²) in [6.07, 6.45) is -3.16. The smallest absolute Gasteiger partial charge is 0.280 e. The Morgan fingerprint density at radius 1 is 1.33 bits per heavy atom. The van der Waals surface area contributed by atoms with Gasteiger partial charge in [-0.1, -0.05) is 18.2 Å². The second-order valence-corrected chi connectivity index (χ2v) is 4.35. The SMILES string of the molecule is NN1CCCC(c2cccc(C(F)(F)F)c2)C1=O. The molecule has 1 aliphatic rings. The zero-order valence-corrected chi connectivity index (χ0v) is 9.57. The average molecular weight is 258 g/mol. The molecule has 2 N–H and O–H groups in total. The number of hydrazine groups is 1. The van der Waals surface area contributed by atoms with Crippen LogP contribution in [-0.4, -0.2) is 17.5 Å². The zero-order valence-electron chi connectivity index (χ0n) is 9.57. The summed E-state index contributed by atoms with van der Waals surface area (Å²) >= 11 is 0. The number of nitrogens with two attached hydrogens (primary N) is 1. The van der Waals surface area contributed by atoms with Crippen LogP contribution in [0.1, 0.15) is 29.9 Å². The molecular formula is C12H13F3N2O. The molecule has 18 heavy (non-hydrogen) atoms. The molecule has 3 nitrogen and oxygen atoms in total. The second kappa shape index (κ2) is 4.61. The van der Waals surface area contributed by atoms with Gasteiger partial charge in [-0.15, -0.1) is 0 Å². The van der Waals surface area contributed by atoms with E-state index in [2.05, 4.69) is 0 Å². The van der Waals surface area contributed by atoms with Crippen LogP contribution in [0.3, 0.4) is 0 Å². The molecule has 1 fully saturated rings. The molecule has 1 aromatic rings. The first-order chi connectivity index (χ1) is 8.39. The maximum atomic E-state index is 12.6. The van der Waals surface area contributed by atoms with Crippen LogP contribution in [0, 0.1) is 0 Å². The van der Waals surface area contributed by atoms with Crippen molar-refractivity contribution < 1.29 is 18.0 Å². The molecule has 1 atom stereocenters. The summed E-state index contributed by atoms with van der Waals surface area (Å²) < 4.78 is 37.8. The van der Waals surface area contributed by atoms with Gasteiger partial charge in [0.2, 0.25) is 5.91 Å². The van der Waals surface area contributed by atoms with E-state index in [0.29, 0.717) is 24.9 Å². The summed E-state index contributed by atoms with van der Waals surface area (Å²) in [5.41, 5.74) is -0.355. The van der Waals surface area contributed by atoms with E-state index in [-0.39, 0.29) is 5.91 Å². The standard InChI is InChI=1S/C12H13F3N2O/c13-12(14,15)9-4-1-3-8(7-9)10-5-2-6-17(16)11(10)18/h1,3-4,7,10H,2,5-6,16H2. The minimum atomic E-state index is -4.39. The Morgan fingerprint density at radius 2 is 2.06 bits per heavy atom. The number of rotatable bonds is 1. The van der Waals surface area contributed by atoms with Crippen molar-refractivity contribution >= 4 is 5.91 Å². The molecule has 1 saturated heterocycles. The molecule has 0 spiro atoms. The van der Waals surface area contributed by atoms with Gasteiger partial charge in [-0.05, 0) is 24.5 Å². The number of nitrogens with zero attached hydrogens (tertiary/aromatic N) is 1. The number of carbonyl (C=O) groups excluding carboxylic acids is 1. The van der Waals surface area contributed by atoms with Gasteiger partial charge < -0.3 is 0 Å². The van der Waals surface area contributed by atoms with E-state index < -0.39 is 17.7 Å². The third-order valence-corrected chi connectivity index (χ3v) is 3.09. The van der Waals surface area contributed by atoms with E-state index in [4.69, 9.17) is 5.84 Å². The summed E-state index contributed by atoms with van der Waals surface area (Å²) in [4.78, 5) is 11.8. The van der Waals surface area contributed by atoms with Gasteiger partial charge in [0, 0.05) is 6.54 Å². The largest absolute Gasteiger partial charge is 0.416 e. The van der Waals surface area contributed by atoms with Crippen LogP contribution in [0.2, 0.25) is 0 Å². The van der Waals surface area contributed by atoms with Crippen LogP contribution in [-0.2, 0) is 11.0 Å². The van der Waals surface area contributed by atoms with Gasteiger partial charge >= 0.3 is 6.18 Å². The highest BCUT2D eigenvalue weighted by Gasteiger charge is 2.33. The van der Waals surface area contributed by atoms with Crippen molar-refractivity contribution in [3.63, 3.8) is 0 Å². The minimum Gasteiger partial charge on any atom is -0.280 e. The first kappa shape index (κ1) is 12.9. The fraction of sp³-hybridized carbons (Fsp3) is 0.417. The summed E-state index contributed by atoms with van der Waals surface area (Å²) in [5.74, 6) is 4.61. The second-order valence-electron chi connectivity index (χ2n) is 4.35. The zero-order chi connectivity index (χ0) is 13.3. The van der Waals surface area contributed by atoms with Gasteiger partial charge in [0.15, 0.2) is 0 Å². The van der Waals surface area contributed by atoms with Crippen molar-refractivity contribution in [2.24, 2.45) is 5.84 Å². The molecule has 6 heteroatoms. The number of halogens is 3. The molecule has 1 heterocycles. The minimum absolute atomic E-state index is 0.319. The molecule has 0 saturated carbocycles. The summed E-state index contributed by atoms with van der Waals surface area (Å²) in [7, 11) is 0. The molecule has 0 bridgehead atoms. The first-order valence-electron chi connectivity index (χ1n) is 5.63. The van der Waals surface area contributed by atoms with Crippen molar-refractivity contribution in [2.75, 3.05) is 6.54 Å². The van der Waals surface area contributed by atoms with Crippen molar-refractivity contribution in [2.45, 2.75) is 24.9 Å². The number of benzene rings is 1. The van der Waals surface area contributed by atoms with E-state index in [1.807, 2.05) is 0 Å². The Kier molecular flexibility index (Phi) is 3.30. The van der Waals surface area contributed by atoms with Crippen LogP contribution in [0.15, 0.2) is 24.3 Å². The monoisotopic (exact) mass is 258 g/mol. The molecule has 0 radical (unpaired) electrons. The predicted molar refractivity (Wildman–Crippen MR) is 59.3 cm³/mol. The summed E-state index contributed by atoms with van der Waals surface area (Å²) in [6.45, 7) is 0.453. The Hall–Kier alpha value is -1.56. The number of piperidine rings is 1. The molecule has 1 aromatic carbocycles. The van der Waals surface area contributed by atoms with Crippen LogP contribution in [0.5, 0.6) is 0 Å². The van der Waals surface area contributed by atoms with Crippen molar-refractivity contribution in [1.29, 1.82) is 0 Å². The van der Waals surface area contributed by atoms with Gasteiger partial charge in [-0.3, -0.25) is 9.80 Å². The normalized spacial score (nSPS) is 21.2. The predicted octanol–water partition coefficient (Wildman–Crippen LogP) is 2.29. The lowest BCUT2D eigenvalue weighted by Gasteiger charge is -2.29. The Morgan fingerprint density at radius 3 is 2.72 bits per heavy atom. The van der Waals surface area contributed by atoms with E-state index in [1.54, 1.807) is 0 Å². The number of hydrogen-bond donors (Lipinski definition) is 1. The average Bonchev–Trinajstić information content (AvgIpc) is 2.32. The lowest BCUT2D eigenvalue weighted by molar-refractivity contribution is -0.138. The maximum Gasteiger partial charge on any atom is 0.416 e. The Labute approximate surface area is 102 Å². The van der Waals surface area contributed by atoms with E-state index >= 15 is 0 Å². The number of alkyl halides is 3. The molecule has 0 aliphatic carbocycles.